The molecule has 1 rings (SSSR count). The van der Waals surface area contributed by atoms with E-state index in [2.05, 4.69) is 21.3 Å². The zero-order valence-corrected chi connectivity index (χ0v) is 33.6. The lowest BCUT2D eigenvalue weighted by Gasteiger charge is -2.21. The highest BCUT2D eigenvalue weighted by Gasteiger charge is 2.32. The molecule has 327 valence electrons. The maximum Gasteiger partial charge on any atom is 0.326 e. The summed E-state index contributed by atoms with van der Waals surface area (Å²) in [6, 6.07) is -1.36. The Morgan fingerprint density at radius 3 is 1.47 bits per heavy atom. The third-order valence-corrected chi connectivity index (χ3v) is 8.81. The number of nitrogens with one attached hydrogen (secondary N) is 4. The number of Topliss-reactive ketones (excluding diaryl/α,β-unsaturated/α-hetero) is 1. The van der Waals surface area contributed by atoms with Crippen molar-refractivity contribution >= 4 is 41.7 Å². The van der Waals surface area contributed by atoms with Gasteiger partial charge in [-0.05, 0) is 19.3 Å². The van der Waals surface area contributed by atoms with Crippen LogP contribution >= 0.6 is 0 Å². The fourth-order valence-corrected chi connectivity index (χ4v) is 5.74. The van der Waals surface area contributed by atoms with Gasteiger partial charge in [0.2, 0.25) is 29.9 Å². The van der Waals surface area contributed by atoms with Crippen molar-refractivity contribution in [3.63, 3.8) is 0 Å². The van der Waals surface area contributed by atoms with Gasteiger partial charge < -0.3 is 54.8 Å². The predicted octanol–water partition coefficient (Wildman–Crippen LogP) is 1.16. The van der Waals surface area contributed by atoms with Gasteiger partial charge in [-0.15, -0.1) is 0 Å². The van der Waals surface area contributed by atoms with E-state index < -0.39 is 29.7 Å². The summed E-state index contributed by atoms with van der Waals surface area (Å²) >= 11 is 0. The average molecular weight is 816 g/mol. The minimum Gasteiger partial charge on any atom is -0.480 e. The van der Waals surface area contributed by atoms with Crippen LogP contribution in [0.15, 0.2) is 0 Å². The maximum absolute atomic E-state index is 13.2. The van der Waals surface area contributed by atoms with Crippen molar-refractivity contribution in [1.29, 1.82) is 0 Å². The zero-order valence-electron chi connectivity index (χ0n) is 33.6. The minimum atomic E-state index is -1.36. The summed E-state index contributed by atoms with van der Waals surface area (Å²) in [7, 11) is 0. The molecule has 0 aliphatic carbocycles. The van der Waals surface area contributed by atoms with Crippen LogP contribution in [-0.4, -0.2) is 152 Å². The molecule has 57 heavy (non-hydrogen) atoms. The van der Waals surface area contributed by atoms with E-state index >= 15 is 0 Å². The Bertz CT molecular complexity index is 1130. The van der Waals surface area contributed by atoms with Crippen LogP contribution in [0, 0.1) is 5.92 Å². The fraction of sp³-hybridized carbons (Fsp3) is 0.821. The van der Waals surface area contributed by atoms with Crippen LogP contribution in [0.5, 0.6) is 0 Å². The molecule has 1 aliphatic heterocycles. The quantitative estimate of drug-likeness (QED) is 0.0608. The number of rotatable bonds is 26. The van der Waals surface area contributed by atoms with Gasteiger partial charge in [-0.25, -0.2) is 4.79 Å². The van der Waals surface area contributed by atoms with Gasteiger partial charge in [-0.3, -0.25) is 28.8 Å². The highest BCUT2D eigenvalue weighted by atomic mass is 16.5. The van der Waals surface area contributed by atoms with E-state index in [1.54, 1.807) is 6.29 Å². The Hall–Kier alpha value is -3.55. The van der Waals surface area contributed by atoms with Gasteiger partial charge >= 0.3 is 5.97 Å². The molecule has 18 heteroatoms. The van der Waals surface area contributed by atoms with Crippen LogP contribution in [0.4, 0.5) is 0 Å². The van der Waals surface area contributed by atoms with E-state index in [0.29, 0.717) is 32.6 Å². The number of ketones is 1. The summed E-state index contributed by atoms with van der Waals surface area (Å²) in [5, 5.41) is 20.3. The van der Waals surface area contributed by atoms with Crippen molar-refractivity contribution in [3.8, 4) is 0 Å². The molecule has 18 nitrogen and oxygen atoms in total. The molecular formula is C39H67N4O14. The summed E-state index contributed by atoms with van der Waals surface area (Å²) in [6.07, 6.45) is 13.6. The van der Waals surface area contributed by atoms with Crippen molar-refractivity contribution in [2.75, 3.05) is 98.9 Å². The van der Waals surface area contributed by atoms with Crippen LogP contribution in [0.25, 0.3) is 0 Å². The lowest BCUT2D eigenvalue weighted by molar-refractivity contribution is -0.143. The molecule has 1 unspecified atom stereocenters. The second kappa shape index (κ2) is 36.8. The molecule has 0 aromatic heterocycles. The topological polar surface area (TPSA) is 243 Å². The molecule has 1 heterocycles. The van der Waals surface area contributed by atoms with Crippen molar-refractivity contribution in [2.24, 2.45) is 5.92 Å². The minimum absolute atomic E-state index is 0.0717. The lowest BCUT2D eigenvalue weighted by Crippen LogP contribution is -2.46. The van der Waals surface area contributed by atoms with Crippen molar-refractivity contribution < 1.29 is 67.1 Å². The molecule has 0 saturated carbocycles. The molecule has 0 spiro atoms. The first kappa shape index (κ1) is 51.5. The molecule has 1 saturated heterocycles. The third kappa shape index (κ3) is 31.2. The smallest absolute Gasteiger partial charge is 0.326 e. The SMILES string of the molecule is O=[C]COCCOCCNC(=O)COCCOCCNC(=O)COCCOCCNC(=O)C1C[C@@H](C(=O)O)NC(=O)CCCCCCCCCCCCCCC1=O. The number of amides is 4. The molecule has 1 radical (unpaired) electrons. The highest BCUT2D eigenvalue weighted by molar-refractivity contribution is 6.02. The zero-order chi connectivity index (χ0) is 41.6. The number of hydrogen-bond acceptors (Lipinski definition) is 13. The van der Waals surface area contributed by atoms with Gasteiger partial charge in [-0.2, -0.15) is 0 Å². The van der Waals surface area contributed by atoms with Crippen LogP contribution in [0.2, 0.25) is 0 Å². The lowest BCUT2D eigenvalue weighted by atomic mass is 9.91. The van der Waals surface area contributed by atoms with Gasteiger partial charge in [-0.1, -0.05) is 64.2 Å². The second-order valence-electron chi connectivity index (χ2n) is 13.6. The predicted molar refractivity (Wildman–Crippen MR) is 207 cm³/mol. The molecule has 4 amide bonds. The van der Waals surface area contributed by atoms with E-state index in [1.807, 2.05) is 0 Å². The highest BCUT2D eigenvalue weighted by Crippen LogP contribution is 2.17. The number of carboxylic acid groups (broad SMARTS) is 1. The molecular weight excluding hydrogens is 748 g/mol. The fourth-order valence-electron chi connectivity index (χ4n) is 5.74. The molecule has 1 aliphatic rings. The summed E-state index contributed by atoms with van der Waals surface area (Å²) in [5.74, 6) is -4.51. The Morgan fingerprint density at radius 1 is 0.579 bits per heavy atom. The van der Waals surface area contributed by atoms with Crippen LogP contribution in [0.1, 0.15) is 96.3 Å². The van der Waals surface area contributed by atoms with E-state index in [9.17, 15) is 38.7 Å². The Balaban J connectivity index is 2.22. The summed E-state index contributed by atoms with van der Waals surface area (Å²) < 4.78 is 31.5. The normalized spacial score (nSPS) is 18.2. The van der Waals surface area contributed by atoms with Gasteiger partial charge in [0.05, 0.1) is 65.4 Å². The van der Waals surface area contributed by atoms with E-state index in [1.165, 1.54) is 19.3 Å². The van der Waals surface area contributed by atoms with E-state index in [0.717, 1.165) is 44.9 Å². The summed E-state index contributed by atoms with van der Waals surface area (Å²) in [4.78, 5) is 84.6. The number of ether oxygens (including phenoxy) is 6. The van der Waals surface area contributed by atoms with Gasteiger partial charge in [0, 0.05) is 32.5 Å². The molecule has 5 N–H and O–H groups in total. The largest absolute Gasteiger partial charge is 0.480 e. The Kier molecular flexibility index (Phi) is 33.2. The molecule has 2 atom stereocenters. The first-order valence-corrected chi connectivity index (χ1v) is 20.4. The van der Waals surface area contributed by atoms with Crippen molar-refractivity contribution in [1.82, 2.24) is 21.3 Å². The van der Waals surface area contributed by atoms with Crippen molar-refractivity contribution in [3.05, 3.63) is 0 Å². The van der Waals surface area contributed by atoms with Crippen LogP contribution < -0.4 is 21.3 Å². The number of carbonyl (C=O) groups excluding carboxylic acids is 6. The van der Waals surface area contributed by atoms with Gasteiger partial charge in [0.25, 0.3) is 0 Å². The maximum atomic E-state index is 13.2. The summed E-state index contributed by atoms with van der Waals surface area (Å²) in [5.41, 5.74) is 0. The molecule has 1 fully saturated rings. The van der Waals surface area contributed by atoms with Crippen molar-refractivity contribution in [2.45, 2.75) is 102 Å². The van der Waals surface area contributed by atoms with Crippen LogP contribution in [-0.2, 0) is 62.0 Å². The number of carbonyl (C=O) groups is 6. The Labute approximate surface area is 336 Å². The number of hydrogen-bond donors (Lipinski definition) is 5. The van der Waals surface area contributed by atoms with Crippen LogP contribution in [0.3, 0.4) is 0 Å². The van der Waals surface area contributed by atoms with E-state index in [-0.39, 0.29) is 116 Å². The monoisotopic (exact) mass is 815 g/mol. The molecule has 0 aromatic carbocycles. The average Bonchev–Trinajstić information content (AvgIpc) is 3.18. The number of carboxylic acids is 1. The standard InChI is InChI=1S/C39H67N4O14/c44-18-22-55-24-23-52-19-15-40-36(47)30-56-27-25-53-20-16-41-37(48)31-57-28-26-54-21-17-42-38(49)32-29-33(39(50)51)43-35(46)14-12-10-8-6-4-2-1-3-5-7-9-11-13-34(32)45/h32-33H,1-17,19-31H2,(H,40,47)(H,41,48)(H,42,49)(H,43,46)(H,50,51)/t32?,33-/m0/s1. The number of aliphatic carboxylic acids is 1. The third-order valence-electron chi connectivity index (χ3n) is 8.81. The first-order valence-electron chi connectivity index (χ1n) is 20.4. The first-order chi connectivity index (χ1) is 27.7. The van der Waals surface area contributed by atoms with Gasteiger partial charge in [0.15, 0.2) is 0 Å². The van der Waals surface area contributed by atoms with Gasteiger partial charge in [0.1, 0.15) is 31.6 Å². The summed E-state index contributed by atoms with van der Waals surface area (Å²) in [6.45, 7) is 2.10. The molecule has 0 aromatic rings. The van der Waals surface area contributed by atoms with E-state index in [4.69, 9.17) is 28.4 Å². The molecule has 0 bridgehead atoms. The second-order valence-corrected chi connectivity index (χ2v) is 13.6. The Morgan fingerprint density at radius 2 is 1.00 bits per heavy atom.